The van der Waals surface area contributed by atoms with Gasteiger partial charge in [0.25, 0.3) is 0 Å². The van der Waals surface area contributed by atoms with Crippen molar-refractivity contribution in [3.63, 3.8) is 0 Å². The van der Waals surface area contributed by atoms with Crippen LogP contribution in [0.1, 0.15) is 38.5 Å². The summed E-state index contributed by atoms with van der Waals surface area (Å²) in [6.45, 7) is 0.629. The minimum Gasteiger partial charge on any atom is -0.497 e. The number of esters is 1. The fourth-order valence-corrected chi connectivity index (χ4v) is 6.20. The van der Waals surface area contributed by atoms with Gasteiger partial charge in [-0.3, -0.25) is 4.79 Å². The van der Waals surface area contributed by atoms with Gasteiger partial charge in [-0.1, -0.05) is 0 Å². The number of halogens is 1. The molecule has 5 heteroatoms. The monoisotopic (exact) mass is 364 g/mol. The Labute approximate surface area is 153 Å². The van der Waals surface area contributed by atoms with E-state index in [2.05, 4.69) is 0 Å². The van der Waals surface area contributed by atoms with Gasteiger partial charge in [-0.2, -0.15) is 0 Å². The molecule has 0 aliphatic heterocycles. The number of carbonyl (C=O) groups is 1. The van der Waals surface area contributed by atoms with Crippen molar-refractivity contribution in [2.45, 2.75) is 43.4 Å². The molecule has 2 unspecified atom stereocenters. The molecule has 0 heterocycles. The van der Waals surface area contributed by atoms with Crippen LogP contribution in [0.3, 0.4) is 0 Å². The fraction of sp³-hybridized carbons (Fsp3) is 0.650. The Balaban J connectivity index is 1.29. The molecular formula is C20H25ClO4. The molecule has 0 N–H and O–H groups in total. The van der Waals surface area contributed by atoms with Gasteiger partial charge in [0.1, 0.15) is 24.7 Å². The van der Waals surface area contributed by atoms with E-state index in [0.29, 0.717) is 18.4 Å². The summed E-state index contributed by atoms with van der Waals surface area (Å²) in [7, 11) is 1.63. The highest BCUT2D eigenvalue weighted by Gasteiger charge is 2.60. The lowest BCUT2D eigenvalue weighted by molar-refractivity contribution is -0.170. The molecule has 0 amide bonds. The zero-order chi connectivity index (χ0) is 17.5. The molecule has 4 saturated carbocycles. The van der Waals surface area contributed by atoms with Crippen molar-refractivity contribution < 1.29 is 19.0 Å². The Morgan fingerprint density at radius 2 is 1.72 bits per heavy atom. The van der Waals surface area contributed by atoms with E-state index in [1.165, 1.54) is 6.42 Å². The second kappa shape index (κ2) is 6.39. The number of hydrogen-bond acceptors (Lipinski definition) is 4. The van der Waals surface area contributed by atoms with E-state index in [0.717, 1.165) is 43.6 Å². The van der Waals surface area contributed by atoms with Gasteiger partial charge in [-0.25, -0.2) is 0 Å². The molecule has 0 saturated heterocycles. The van der Waals surface area contributed by atoms with Crippen LogP contribution in [0, 0.1) is 17.3 Å². The lowest BCUT2D eigenvalue weighted by atomic mass is 9.49. The molecular weight excluding hydrogens is 340 g/mol. The van der Waals surface area contributed by atoms with Gasteiger partial charge >= 0.3 is 5.97 Å². The predicted molar refractivity (Wildman–Crippen MR) is 95.1 cm³/mol. The molecule has 25 heavy (non-hydrogen) atoms. The molecule has 4 aliphatic rings. The molecule has 4 fully saturated rings. The van der Waals surface area contributed by atoms with Crippen molar-refractivity contribution in [2.75, 3.05) is 20.3 Å². The predicted octanol–water partition coefficient (Wildman–Crippen LogP) is 4.20. The molecule has 1 aromatic carbocycles. The first-order valence-corrected chi connectivity index (χ1v) is 9.51. The maximum absolute atomic E-state index is 12.8. The quantitative estimate of drug-likeness (QED) is 0.431. The molecule has 4 atom stereocenters. The fourth-order valence-electron chi connectivity index (χ4n) is 5.51. The van der Waals surface area contributed by atoms with Gasteiger partial charge in [-0.05, 0) is 74.6 Å². The molecule has 5 rings (SSSR count). The summed E-state index contributed by atoms with van der Waals surface area (Å²) in [4.78, 5) is 12.6. The Morgan fingerprint density at radius 3 is 2.32 bits per heavy atom. The Bertz CT molecular complexity index is 628. The van der Waals surface area contributed by atoms with Gasteiger partial charge in [0.15, 0.2) is 0 Å². The lowest BCUT2D eigenvalue weighted by Gasteiger charge is -2.58. The van der Waals surface area contributed by atoms with Gasteiger partial charge in [0.05, 0.1) is 12.5 Å². The molecule has 4 bridgehead atoms. The molecule has 0 spiro atoms. The van der Waals surface area contributed by atoms with Crippen molar-refractivity contribution in [2.24, 2.45) is 17.3 Å². The first-order chi connectivity index (χ1) is 12.0. The second-order valence-electron chi connectivity index (χ2n) is 8.05. The number of methoxy groups -OCH3 is 1. The van der Waals surface area contributed by atoms with E-state index in [9.17, 15) is 4.79 Å². The first-order valence-electron chi connectivity index (χ1n) is 9.13. The second-order valence-corrected chi connectivity index (χ2v) is 8.85. The third kappa shape index (κ3) is 3.33. The lowest BCUT2D eigenvalue weighted by Crippen LogP contribution is -2.56. The van der Waals surface area contributed by atoms with Crippen LogP contribution in [0.4, 0.5) is 0 Å². The summed E-state index contributed by atoms with van der Waals surface area (Å²) >= 11 is 6.79. The van der Waals surface area contributed by atoms with Crippen molar-refractivity contribution >= 4 is 17.6 Å². The Kier molecular flexibility index (Phi) is 4.35. The minimum atomic E-state index is -0.341. The van der Waals surface area contributed by atoms with Crippen LogP contribution in [-0.4, -0.2) is 31.2 Å². The molecule has 0 radical (unpaired) electrons. The van der Waals surface area contributed by atoms with Crippen LogP contribution in [0.25, 0.3) is 0 Å². The van der Waals surface area contributed by atoms with Crippen LogP contribution < -0.4 is 9.47 Å². The highest BCUT2D eigenvalue weighted by molar-refractivity contribution is 6.24. The summed E-state index contributed by atoms with van der Waals surface area (Å²) in [5.41, 5.74) is -0.341. The van der Waals surface area contributed by atoms with Crippen molar-refractivity contribution in [3.05, 3.63) is 24.3 Å². The normalized spacial score (nSPS) is 35.4. The van der Waals surface area contributed by atoms with Crippen LogP contribution in [0.5, 0.6) is 11.5 Å². The molecule has 1 aromatic rings. The van der Waals surface area contributed by atoms with Crippen LogP contribution in [0.2, 0.25) is 0 Å². The van der Waals surface area contributed by atoms with Crippen LogP contribution in [0.15, 0.2) is 24.3 Å². The maximum Gasteiger partial charge on any atom is 0.312 e. The summed E-state index contributed by atoms with van der Waals surface area (Å²) in [5, 5.41) is 0. The number of benzene rings is 1. The van der Waals surface area contributed by atoms with E-state index in [-0.39, 0.29) is 22.9 Å². The Morgan fingerprint density at radius 1 is 1.08 bits per heavy atom. The average Bonchev–Trinajstić information content (AvgIpc) is 2.57. The molecule has 4 nitrogen and oxygen atoms in total. The zero-order valence-electron chi connectivity index (χ0n) is 14.6. The molecule has 136 valence electrons. The first kappa shape index (κ1) is 17.0. The van der Waals surface area contributed by atoms with Gasteiger partial charge in [0, 0.05) is 4.87 Å². The number of alkyl halides is 1. The van der Waals surface area contributed by atoms with E-state index in [1.807, 2.05) is 24.3 Å². The minimum absolute atomic E-state index is 0.0649. The van der Waals surface area contributed by atoms with E-state index in [1.54, 1.807) is 7.11 Å². The number of ether oxygens (including phenoxy) is 3. The third-order valence-corrected chi connectivity index (χ3v) is 6.51. The van der Waals surface area contributed by atoms with Gasteiger partial charge in [0.2, 0.25) is 0 Å². The third-order valence-electron chi connectivity index (χ3n) is 6.07. The van der Waals surface area contributed by atoms with Gasteiger partial charge in [-0.15, -0.1) is 11.6 Å². The Hall–Kier alpha value is -1.42. The topological polar surface area (TPSA) is 44.8 Å². The highest BCUT2D eigenvalue weighted by Crippen LogP contribution is 2.64. The maximum atomic E-state index is 12.8. The number of rotatable bonds is 6. The number of hydrogen-bond donors (Lipinski definition) is 0. The van der Waals surface area contributed by atoms with E-state index in [4.69, 9.17) is 25.8 Å². The van der Waals surface area contributed by atoms with Crippen molar-refractivity contribution in [3.8, 4) is 11.5 Å². The smallest absolute Gasteiger partial charge is 0.312 e. The zero-order valence-corrected chi connectivity index (χ0v) is 15.4. The van der Waals surface area contributed by atoms with Crippen LogP contribution in [-0.2, 0) is 9.53 Å². The largest absolute Gasteiger partial charge is 0.497 e. The number of carbonyl (C=O) groups excluding carboxylic acids is 1. The summed E-state index contributed by atoms with van der Waals surface area (Å²) < 4.78 is 16.3. The van der Waals surface area contributed by atoms with E-state index >= 15 is 0 Å². The van der Waals surface area contributed by atoms with E-state index < -0.39 is 0 Å². The summed E-state index contributed by atoms with van der Waals surface area (Å²) in [6.07, 6.45) is 6.07. The average molecular weight is 365 g/mol. The van der Waals surface area contributed by atoms with Crippen LogP contribution >= 0.6 is 11.6 Å². The standard InChI is InChI=1S/C20H25ClO4/c1-23-16-2-4-17(5-3-16)24-6-7-25-18(22)19-9-14-8-15(10-19)12-20(21,11-14)13-19/h2-5,14-15H,6-13H2,1H3/t14-,15+,19?,20?. The summed E-state index contributed by atoms with van der Waals surface area (Å²) in [5.74, 6) is 2.66. The highest BCUT2D eigenvalue weighted by atomic mass is 35.5. The summed E-state index contributed by atoms with van der Waals surface area (Å²) in [6, 6.07) is 7.38. The van der Waals surface area contributed by atoms with Crippen molar-refractivity contribution in [1.29, 1.82) is 0 Å². The molecule has 0 aromatic heterocycles. The molecule has 4 aliphatic carbocycles. The SMILES string of the molecule is COc1ccc(OCCOC(=O)C23C[C@@H]4C[C@@H](CC(Cl)(C4)C2)C3)cc1. The van der Waals surface area contributed by atoms with Gasteiger partial charge < -0.3 is 14.2 Å². The van der Waals surface area contributed by atoms with Crippen molar-refractivity contribution in [1.82, 2.24) is 0 Å².